The van der Waals surface area contributed by atoms with Crippen LogP contribution >= 0.6 is 0 Å². The first-order valence-electron chi connectivity index (χ1n) is 3.25. The second-order valence-corrected chi connectivity index (χ2v) is 2.23. The third-order valence-electron chi connectivity index (χ3n) is 1.21. The molecule has 0 atom stereocenters. The van der Waals surface area contributed by atoms with E-state index in [0.717, 1.165) is 10.9 Å². The molecule has 13 heavy (non-hydrogen) atoms. The van der Waals surface area contributed by atoms with Crippen LogP contribution in [0.3, 0.4) is 0 Å². The average molecular weight is 215 g/mol. The van der Waals surface area contributed by atoms with Gasteiger partial charge in [0, 0.05) is 11.8 Å². The maximum absolute atomic E-state index is 12.0. The van der Waals surface area contributed by atoms with Crippen molar-refractivity contribution in [3.05, 3.63) is 18.9 Å². The Morgan fingerprint density at radius 1 is 1.54 bits per heavy atom. The zero-order valence-electron chi connectivity index (χ0n) is 7.12. The molecule has 1 aromatic heterocycles. The van der Waals surface area contributed by atoms with E-state index in [1.54, 1.807) is 0 Å². The summed E-state index contributed by atoms with van der Waals surface area (Å²) in [4.78, 5) is 0. The third-order valence-corrected chi connectivity index (χ3v) is 1.21. The van der Waals surface area contributed by atoms with E-state index in [2.05, 4.69) is 16.9 Å². The smallest absolute Gasteiger partial charge is 0.444 e. The van der Waals surface area contributed by atoms with Gasteiger partial charge < -0.3 is 12.9 Å². The Balaban J connectivity index is 0.00000144. The molecule has 1 aromatic rings. The quantitative estimate of drug-likeness (QED) is 0.413. The summed E-state index contributed by atoms with van der Waals surface area (Å²) in [7, 11) is 0. The monoisotopic (exact) mass is 215 g/mol. The Bertz CT molecular complexity index is 285. The topological polar surface area (TPSA) is 30.7 Å². The summed E-state index contributed by atoms with van der Waals surface area (Å²) in [6.45, 7) is -1.43. The molecule has 0 spiro atoms. The molecule has 3 nitrogen and oxygen atoms in total. The van der Waals surface area contributed by atoms with Crippen LogP contribution in [0.5, 0.6) is 0 Å². The number of halogens is 3. The van der Waals surface area contributed by atoms with Gasteiger partial charge in [-0.1, -0.05) is 11.3 Å². The van der Waals surface area contributed by atoms with Crippen molar-refractivity contribution in [1.82, 2.24) is 15.0 Å². The van der Waals surface area contributed by atoms with Gasteiger partial charge in [0.05, 0.1) is 6.54 Å². The molecule has 0 radical (unpaired) electrons. The van der Waals surface area contributed by atoms with Gasteiger partial charge in [-0.25, -0.2) is 0 Å². The minimum absolute atomic E-state index is 0. The second kappa shape index (κ2) is 5.30. The second-order valence-electron chi connectivity index (χ2n) is 2.23. The van der Waals surface area contributed by atoms with Gasteiger partial charge in [-0.3, -0.25) is 4.68 Å². The minimum atomic E-state index is -5.03. The van der Waals surface area contributed by atoms with E-state index in [-0.39, 0.29) is 57.9 Å². The van der Waals surface area contributed by atoms with Gasteiger partial charge in [-0.2, -0.15) is 5.10 Å². The molecule has 0 aliphatic carbocycles. The van der Waals surface area contributed by atoms with Crippen molar-refractivity contribution in [2.75, 3.05) is 0 Å². The molecule has 1 heterocycles. The van der Waals surface area contributed by atoms with E-state index in [0.29, 0.717) is 0 Å². The summed E-state index contributed by atoms with van der Waals surface area (Å²) in [6.07, 6.45) is 2.31. The molecular formula is C5H6BF3KN3. The van der Waals surface area contributed by atoms with Crippen LogP contribution in [0.2, 0.25) is 0 Å². The molecule has 0 saturated carbocycles. The summed E-state index contributed by atoms with van der Waals surface area (Å²) in [5.74, 6) is 0. The Morgan fingerprint density at radius 3 is 2.54 bits per heavy atom. The van der Waals surface area contributed by atoms with E-state index >= 15 is 0 Å². The van der Waals surface area contributed by atoms with Crippen molar-refractivity contribution in [3.63, 3.8) is 0 Å². The van der Waals surface area contributed by atoms with Crippen LogP contribution in [0.1, 0.15) is 0 Å². The Labute approximate surface area is 116 Å². The van der Waals surface area contributed by atoms with Crippen molar-refractivity contribution in [2.45, 2.75) is 6.54 Å². The summed E-state index contributed by atoms with van der Waals surface area (Å²) in [5.41, 5.74) is -0.920. The molecule has 66 valence electrons. The largest absolute Gasteiger partial charge is 1.00 e. The Kier molecular flexibility index (Phi) is 5.45. The Morgan fingerprint density at radius 2 is 2.15 bits per heavy atom. The van der Waals surface area contributed by atoms with Crippen molar-refractivity contribution >= 4 is 12.6 Å². The molecule has 1 rings (SSSR count). The van der Waals surface area contributed by atoms with Crippen molar-refractivity contribution < 1.29 is 64.3 Å². The van der Waals surface area contributed by atoms with Gasteiger partial charge in [0.2, 0.25) is 0 Å². The Hall–Kier alpha value is 0.371. The first kappa shape index (κ1) is 13.4. The van der Waals surface area contributed by atoms with E-state index in [4.69, 9.17) is 0 Å². The average Bonchev–Trinajstić information content (AvgIpc) is 2.35. The fraction of sp³-hybridized carbons (Fsp3) is 0.200. The van der Waals surface area contributed by atoms with Crippen molar-refractivity contribution in [3.8, 4) is 0 Å². The van der Waals surface area contributed by atoms with Crippen molar-refractivity contribution in [2.24, 2.45) is 0 Å². The molecule has 0 unspecified atom stereocenters. The predicted molar refractivity (Wildman–Crippen MR) is 38.9 cm³/mol. The molecule has 0 saturated heterocycles. The minimum Gasteiger partial charge on any atom is -0.444 e. The summed E-state index contributed by atoms with van der Waals surface area (Å²) in [5, 5.41) is 6.24. The number of aromatic nitrogens is 3. The molecule has 0 amide bonds. The van der Waals surface area contributed by atoms with Crippen LogP contribution in [0.4, 0.5) is 12.9 Å². The molecule has 0 aliphatic heterocycles. The zero-order valence-corrected chi connectivity index (χ0v) is 10.2. The maximum Gasteiger partial charge on any atom is 1.00 e. The molecule has 0 fully saturated rings. The summed E-state index contributed by atoms with van der Waals surface area (Å²) in [6, 6.07) is 0. The van der Waals surface area contributed by atoms with E-state index in [9.17, 15) is 12.9 Å². The third kappa shape index (κ3) is 3.94. The van der Waals surface area contributed by atoms with E-state index in [1.807, 2.05) is 0 Å². The van der Waals surface area contributed by atoms with Crippen LogP contribution in [0.15, 0.2) is 18.9 Å². The molecule has 0 N–H and O–H groups in total. The first-order valence-corrected chi connectivity index (χ1v) is 3.25. The maximum atomic E-state index is 12.0. The van der Waals surface area contributed by atoms with Gasteiger partial charge >= 0.3 is 58.4 Å². The number of allylic oxidation sites excluding steroid dienone is 1. The number of rotatable bonds is 3. The van der Waals surface area contributed by atoms with Crippen LogP contribution in [0, 0.1) is 0 Å². The number of hydrogen-bond donors (Lipinski definition) is 0. The fourth-order valence-electron chi connectivity index (χ4n) is 0.685. The van der Waals surface area contributed by atoms with Gasteiger partial charge in [-0.15, -0.1) is 6.58 Å². The molecule has 0 aliphatic rings. The van der Waals surface area contributed by atoms with E-state index in [1.165, 1.54) is 6.08 Å². The molecule has 8 heteroatoms. The van der Waals surface area contributed by atoms with Crippen LogP contribution in [-0.2, 0) is 6.54 Å². The SMILES string of the molecule is C=CCn1cc([B-](F)(F)F)nn1.[K+]. The van der Waals surface area contributed by atoms with Crippen molar-refractivity contribution in [1.29, 1.82) is 0 Å². The molecule has 0 bridgehead atoms. The fourth-order valence-corrected chi connectivity index (χ4v) is 0.685. The zero-order chi connectivity index (χ0) is 9.19. The predicted octanol–water partition coefficient (Wildman–Crippen LogP) is -2.48. The summed E-state index contributed by atoms with van der Waals surface area (Å²) < 4.78 is 37.0. The van der Waals surface area contributed by atoms with Gasteiger partial charge in [0.15, 0.2) is 0 Å². The number of nitrogens with zero attached hydrogens (tertiary/aromatic N) is 3. The van der Waals surface area contributed by atoms with E-state index < -0.39 is 12.6 Å². The standard InChI is InChI=1S/C5H6BF3N3.K/c1-2-3-12-4-5(10-11-12)6(7,8)9;/h2,4H,1,3H2;/q-1;+1. The normalized spacial score (nSPS) is 10.7. The first-order chi connectivity index (χ1) is 5.54. The number of hydrogen-bond acceptors (Lipinski definition) is 2. The van der Waals surface area contributed by atoms with Gasteiger partial charge in [0.25, 0.3) is 0 Å². The molecule has 0 aromatic carbocycles. The van der Waals surface area contributed by atoms with Crippen LogP contribution in [0.25, 0.3) is 0 Å². The molecular weight excluding hydrogens is 209 g/mol. The summed E-state index contributed by atoms with van der Waals surface area (Å²) >= 11 is 0. The van der Waals surface area contributed by atoms with Gasteiger partial charge in [0.1, 0.15) is 0 Å². The van der Waals surface area contributed by atoms with Gasteiger partial charge in [-0.05, 0) is 0 Å². The van der Waals surface area contributed by atoms with Crippen LogP contribution in [-0.4, -0.2) is 22.0 Å². The van der Waals surface area contributed by atoms with Crippen LogP contribution < -0.4 is 57.0 Å².